The largest absolute Gasteiger partial charge is 0.369 e. The van der Waals surface area contributed by atoms with Crippen molar-refractivity contribution in [3.63, 3.8) is 0 Å². The third-order valence-electron chi connectivity index (χ3n) is 2.87. The standard InChI is InChI=1S/C11H20N6S2/c1-18-11-14-9(8-10(15-11)16-12)13-2-3-17-4-6-19-7-5-17/h8H,2-7,12H2,1H3,(H2,13,14,15,16). The number of nitrogens with zero attached hydrogens (tertiary/aromatic N) is 3. The number of hydrogen-bond donors (Lipinski definition) is 3. The molecule has 0 saturated carbocycles. The number of nitrogens with two attached hydrogens (primary N) is 1. The second-order valence-corrected chi connectivity index (χ2v) is 6.15. The summed E-state index contributed by atoms with van der Waals surface area (Å²) in [6.07, 6.45) is 1.95. The molecule has 8 heteroatoms. The summed E-state index contributed by atoms with van der Waals surface area (Å²) in [5.41, 5.74) is 2.56. The lowest BCUT2D eigenvalue weighted by Crippen LogP contribution is -2.36. The molecule has 19 heavy (non-hydrogen) atoms. The minimum absolute atomic E-state index is 0.635. The Labute approximate surface area is 122 Å². The molecule has 0 amide bonds. The summed E-state index contributed by atoms with van der Waals surface area (Å²) in [5, 5.41) is 4.05. The molecule has 1 saturated heterocycles. The Morgan fingerprint density at radius 1 is 1.37 bits per heavy atom. The molecule has 1 aliphatic rings. The molecule has 2 heterocycles. The molecule has 0 aliphatic carbocycles. The fraction of sp³-hybridized carbons (Fsp3) is 0.636. The van der Waals surface area contributed by atoms with E-state index in [0.717, 1.165) is 18.9 Å². The molecule has 1 fully saturated rings. The molecule has 6 nitrogen and oxygen atoms in total. The van der Waals surface area contributed by atoms with Gasteiger partial charge in [0, 0.05) is 43.8 Å². The lowest BCUT2D eigenvalue weighted by molar-refractivity contribution is 0.314. The van der Waals surface area contributed by atoms with E-state index in [1.165, 1.54) is 36.4 Å². The van der Waals surface area contributed by atoms with Crippen molar-refractivity contribution in [1.29, 1.82) is 0 Å². The summed E-state index contributed by atoms with van der Waals surface area (Å²) in [5.74, 6) is 9.34. The molecule has 0 atom stereocenters. The van der Waals surface area contributed by atoms with E-state index in [-0.39, 0.29) is 0 Å². The van der Waals surface area contributed by atoms with Crippen molar-refractivity contribution in [3.8, 4) is 0 Å². The third-order valence-corrected chi connectivity index (χ3v) is 4.36. The van der Waals surface area contributed by atoms with Crippen LogP contribution in [0.2, 0.25) is 0 Å². The number of nitrogen functional groups attached to an aromatic ring is 1. The number of aromatic nitrogens is 2. The topological polar surface area (TPSA) is 79.1 Å². The lowest BCUT2D eigenvalue weighted by atomic mass is 10.4. The van der Waals surface area contributed by atoms with Gasteiger partial charge in [-0.1, -0.05) is 11.8 Å². The normalized spacial score (nSPS) is 16.3. The highest BCUT2D eigenvalue weighted by Crippen LogP contribution is 2.16. The first kappa shape index (κ1) is 14.7. The molecule has 0 radical (unpaired) electrons. The summed E-state index contributed by atoms with van der Waals surface area (Å²) in [6, 6.07) is 1.83. The SMILES string of the molecule is CSc1nc(NN)cc(NCCN2CCSCC2)n1. The Morgan fingerprint density at radius 3 is 2.79 bits per heavy atom. The number of anilines is 2. The summed E-state index contributed by atoms with van der Waals surface area (Å²) in [6.45, 7) is 4.30. The molecule has 1 aromatic rings. The van der Waals surface area contributed by atoms with E-state index in [2.05, 4.69) is 25.6 Å². The van der Waals surface area contributed by atoms with Crippen molar-refractivity contribution in [2.75, 3.05) is 54.7 Å². The molecule has 4 N–H and O–H groups in total. The first-order valence-corrected chi connectivity index (χ1v) is 8.63. The van der Waals surface area contributed by atoms with Gasteiger partial charge in [-0.2, -0.15) is 11.8 Å². The van der Waals surface area contributed by atoms with E-state index in [4.69, 9.17) is 5.84 Å². The monoisotopic (exact) mass is 300 g/mol. The Balaban J connectivity index is 1.84. The van der Waals surface area contributed by atoms with Crippen LogP contribution in [0.4, 0.5) is 11.6 Å². The smallest absolute Gasteiger partial charge is 0.191 e. The minimum Gasteiger partial charge on any atom is -0.369 e. The van der Waals surface area contributed by atoms with Gasteiger partial charge in [0.2, 0.25) is 0 Å². The molecule has 0 unspecified atom stereocenters. The van der Waals surface area contributed by atoms with Gasteiger partial charge in [0.05, 0.1) is 0 Å². The van der Waals surface area contributed by atoms with Crippen molar-refractivity contribution >= 4 is 35.2 Å². The van der Waals surface area contributed by atoms with Crippen LogP contribution >= 0.6 is 23.5 Å². The second-order valence-electron chi connectivity index (χ2n) is 4.15. The zero-order chi connectivity index (χ0) is 13.5. The van der Waals surface area contributed by atoms with E-state index in [1.54, 1.807) is 0 Å². The first-order chi connectivity index (χ1) is 9.31. The predicted molar refractivity (Wildman–Crippen MR) is 83.9 cm³/mol. The quantitative estimate of drug-likeness (QED) is 0.310. The van der Waals surface area contributed by atoms with Gasteiger partial charge in [-0.15, -0.1) is 0 Å². The molecule has 2 rings (SSSR count). The van der Waals surface area contributed by atoms with Crippen molar-refractivity contribution in [3.05, 3.63) is 6.07 Å². The van der Waals surface area contributed by atoms with Gasteiger partial charge in [0.25, 0.3) is 0 Å². The lowest BCUT2D eigenvalue weighted by Gasteiger charge is -2.26. The molecule has 1 aliphatic heterocycles. The summed E-state index contributed by atoms with van der Waals surface area (Å²) in [4.78, 5) is 11.1. The maximum atomic E-state index is 5.40. The van der Waals surface area contributed by atoms with E-state index in [9.17, 15) is 0 Å². The molecule has 0 bridgehead atoms. The van der Waals surface area contributed by atoms with E-state index >= 15 is 0 Å². The van der Waals surface area contributed by atoms with Crippen LogP contribution in [0.25, 0.3) is 0 Å². The maximum absolute atomic E-state index is 5.40. The van der Waals surface area contributed by atoms with Crippen LogP contribution in [0.15, 0.2) is 11.2 Å². The minimum atomic E-state index is 0.635. The summed E-state index contributed by atoms with van der Waals surface area (Å²) in [7, 11) is 0. The zero-order valence-electron chi connectivity index (χ0n) is 11.1. The Morgan fingerprint density at radius 2 is 2.11 bits per heavy atom. The fourth-order valence-corrected chi connectivity index (χ4v) is 3.21. The molecule has 0 aromatic carbocycles. The number of hydrogen-bond acceptors (Lipinski definition) is 8. The van der Waals surface area contributed by atoms with Crippen LogP contribution in [-0.2, 0) is 0 Å². The highest BCUT2D eigenvalue weighted by atomic mass is 32.2. The van der Waals surface area contributed by atoms with Crippen LogP contribution in [0, 0.1) is 0 Å². The Kier molecular flexibility index (Phi) is 6.02. The maximum Gasteiger partial charge on any atom is 0.191 e. The summed E-state index contributed by atoms with van der Waals surface area (Å²) < 4.78 is 0. The van der Waals surface area contributed by atoms with Gasteiger partial charge in [0.15, 0.2) is 5.16 Å². The number of hydrazine groups is 1. The molecular formula is C11H20N6S2. The predicted octanol–water partition coefficient (Wildman–Crippen LogP) is 0.945. The number of thioether (sulfide) groups is 2. The number of rotatable bonds is 6. The third kappa shape index (κ3) is 4.72. The zero-order valence-corrected chi connectivity index (χ0v) is 12.7. The van der Waals surface area contributed by atoms with Gasteiger partial charge < -0.3 is 10.7 Å². The van der Waals surface area contributed by atoms with Crippen LogP contribution in [-0.4, -0.2) is 58.8 Å². The van der Waals surface area contributed by atoms with Gasteiger partial charge in [-0.3, -0.25) is 4.90 Å². The van der Waals surface area contributed by atoms with Crippen LogP contribution < -0.4 is 16.6 Å². The van der Waals surface area contributed by atoms with Gasteiger partial charge in [0.1, 0.15) is 11.6 Å². The van der Waals surface area contributed by atoms with Crippen molar-refractivity contribution in [2.24, 2.45) is 5.84 Å². The van der Waals surface area contributed by atoms with Crippen LogP contribution in [0.3, 0.4) is 0 Å². The van der Waals surface area contributed by atoms with E-state index in [0.29, 0.717) is 11.0 Å². The Bertz CT molecular complexity index is 375. The van der Waals surface area contributed by atoms with Gasteiger partial charge in [-0.25, -0.2) is 15.8 Å². The average Bonchev–Trinajstić information content (AvgIpc) is 2.48. The molecule has 1 aromatic heterocycles. The molecule has 0 spiro atoms. The van der Waals surface area contributed by atoms with Crippen LogP contribution in [0.1, 0.15) is 0 Å². The van der Waals surface area contributed by atoms with Crippen molar-refractivity contribution < 1.29 is 0 Å². The Hall–Kier alpha value is -0.700. The average molecular weight is 300 g/mol. The van der Waals surface area contributed by atoms with E-state index < -0.39 is 0 Å². The van der Waals surface area contributed by atoms with Gasteiger partial charge >= 0.3 is 0 Å². The summed E-state index contributed by atoms with van der Waals surface area (Å²) >= 11 is 3.53. The molecule has 106 valence electrons. The highest BCUT2D eigenvalue weighted by molar-refractivity contribution is 7.99. The fourth-order valence-electron chi connectivity index (χ4n) is 1.85. The van der Waals surface area contributed by atoms with Crippen molar-refractivity contribution in [1.82, 2.24) is 14.9 Å². The van der Waals surface area contributed by atoms with E-state index in [1.807, 2.05) is 24.1 Å². The second kappa shape index (κ2) is 7.78. The first-order valence-electron chi connectivity index (χ1n) is 6.25. The van der Waals surface area contributed by atoms with Crippen molar-refractivity contribution in [2.45, 2.75) is 5.16 Å². The van der Waals surface area contributed by atoms with Crippen LogP contribution in [0.5, 0.6) is 0 Å². The molecular weight excluding hydrogens is 280 g/mol. The number of nitrogens with one attached hydrogen (secondary N) is 2. The van der Waals surface area contributed by atoms with Gasteiger partial charge in [-0.05, 0) is 6.26 Å². The highest BCUT2D eigenvalue weighted by Gasteiger charge is 2.09.